The van der Waals surface area contributed by atoms with Crippen molar-refractivity contribution in [2.45, 2.75) is 33.2 Å². The highest BCUT2D eigenvalue weighted by atomic mass is 16.5. The maximum Gasteiger partial charge on any atom is 0.259 e. The molecule has 1 amide bonds. The number of hydrogen-bond donors (Lipinski definition) is 1. The van der Waals surface area contributed by atoms with Gasteiger partial charge in [0.15, 0.2) is 5.76 Å². The second-order valence-corrected chi connectivity index (χ2v) is 6.35. The Morgan fingerprint density at radius 3 is 2.96 bits per heavy atom. The minimum atomic E-state index is -0.286. The summed E-state index contributed by atoms with van der Waals surface area (Å²) < 4.78 is 12.5. The molecule has 4 rings (SSSR count). The van der Waals surface area contributed by atoms with E-state index in [4.69, 9.17) is 8.94 Å². The first-order valence-electron chi connectivity index (χ1n) is 8.74. The molecule has 0 aliphatic rings. The van der Waals surface area contributed by atoms with E-state index in [1.54, 1.807) is 48.3 Å². The molecule has 4 aromatic heterocycles. The third kappa shape index (κ3) is 2.99. The van der Waals surface area contributed by atoms with Crippen LogP contribution in [0.15, 0.2) is 45.7 Å². The average Bonchev–Trinajstić information content (AvgIpc) is 3.42. The Kier molecular flexibility index (Phi) is 4.23. The molecule has 1 atom stereocenters. The van der Waals surface area contributed by atoms with Crippen LogP contribution in [0.2, 0.25) is 0 Å². The van der Waals surface area contributed by atoms with Gasteiger partial charge in [0, 0.05) is 6.07 Å². The molecule has 0 saturated heterocycles. The molecule has 0 radical (unpaired) electrons. The number of amides is 1. The Balaban J connectivity index is 1.77. The van der Waals surface area contributed by atoms with Crippen molar-refractivity contribution in [3.63, 3.8) is 0 Å². The number of aromatic nitrogens is 4. The van der Waals surface area contributed by atoms with E-state index in [0.717, 1.165) is 6.42 Å². The van der Waals surface area contributed by atoms with Gasteiger partial charge in [-0.1, -0.05) is 12.1 Å². The molecular weight excluding hydrogens is 346 g/mol. The van der Waals surface area contributed by atoms with Crippen molar-refractivity contribution in [2.24, 2.45) is 0 Å². The van der Waals surface area contributed by atoms with E-state index in [-0.39, 0.29) is 11.9 Å². The summed E-state index contributed by atoms with van der Waals surface area (Å²) in [6.45, 7) is 5.90. The molecular formula is C19H19N5O3. The highest BCUT2D eigenvalue weighted by molar-refractivity contribution is 6.12. The minimum absolute atomic E-state index is 0.170. The number of carbonyl (C=O) groups excluding carboxylic acids is 1. The van der Waals surface area contributed by atoms with Crippen molar-refractivity contribution < 1.29 is 13.7 Å². The van der Waals surface area contributed by atoms with Crippen LogP contribution in [0.4, 0.5) is 5.82 Å². The predicted molar refractivity (Wildman–Crippen MR) is 99.4 cm³/mol. The Morgan fingerprint density at radius 1 is 1.37 bits per heavy atom. The molecule has 0 bridgehead atoms. The van der Waals surface area contributed by atoms with Gasteiger partial charge < -0.3 is 14.3 Å². The topological polar surface area (TPSA) is 99.0 Å². The molecule has 8 nitrogen and oxygen atoms in total. The molecule has 0 aromatic carbocycles. The predicted octanol–water partition coefficient (Wildman–Crippen LogP) is 4.21. The van der Waals surface area contributed by atoms with E-state index in [1.165, 1.54) is 0 Å². The normalized spacial score (nSPS) is 12.4. The van der Waals surface area contributed by atoms with Crippen molar-refractivity contribution in [1.29, 1.82) is 0 Å². The second-order valence-electron chi connectivity index (χ2n) is 6.35. The Bertz CT molecular complexity index is 1090. The van der Waals surface area contributed by atoms with Crippen LogP contribution in [0.25, 0.3) is 22.6 Å². The maximum atomic E-state index is 13.1. The van der Waals surface area contributed by atoms with Gasteiger partial charge in [0.2, 0.25) is 0 Å². The number of hydrogen-bond acceptors (Lipinski definition) is 6. The van der Waals surface area contributed by atoms with Crippen LogP contribution in [-0.2, 0) is 0 Å². The van der Waals surface area contributed by atoms with E-state index in [1.807, 2.05) is 6.92 Å². The van der Waals surface area contributed by atoms with Crippen LogP contribution in [0.1, 0.15) is 42.4 Å². The van der Waals surface area contributed by atoms with Gasteiger partial charge in [-0.3, -0.25) is 4.79 Å². The van der Waals surface area contributed by atoms with Crippen LogP contribution < -0.4 is 5.32 Å². The third-order valence-corrected chi connectivity index (χ3v) is 4.56. The lowest BCUT2D eigenvalue weighted by Crippen LogP contribution is -2.18. The number of aryl methyl sites for hydroxylation is 1. The van der Waals surface area contributed by atoms with Crippen LogP contribution in [0.3, 0.4) is 0 Å². The fraction of sp³-hybridized carbons (Fsp3) is 0.263. The molecule has 0 aliphatic heterocycles. The molecule has 4 heterocycles. The summed E-state index contributed by atoms with van der Waals surface area (Å²) in [5.74, 6) is 0.893. The molecule has 138 valence electrons. The number of nitrogens with zero attached hydrogens (tertiary/aromatic N) is 4. The van der Waals surface area contributed by atoms with Crippen molar-refractivity contribution in [3.8, 4) is 11.5 Å². The third-order valence-electron chi connectivity index (χ3n) is 4.56. The number of anilines is 1. The standard InChI is InChI=1S/C19H19N5O3/c1-4-11(2)24-16(7-8-20-24)22-18(25)13-10-14(15-6-5-9-26-15)21-19-17(13)12(3)23-27-19/h5-11H,4H2,1-3H3,(H,22,25). The van der Waals surface area contributed by atoms with Gasteiger partial charge in [0.05, 0.1) is 35.1 Å². The Morgan fingerprint density at radius 2 is 2.22 bits per heavy atom. The van der Waals surface area contributed by atoms with Gasteiger partial charge in [0.25, 0.3) is 11.6 Å². The van der Waals surface area contributed by atoms with Gasteiger partial charge in [-0.25, -0.2) is 9.67 Å². The molecule has 0 fully saturated rings. The molecule has 27 heavy (non-hydrogen) atoms. The molecule has 8 heteroatoms. The maximum absolute atomic E-state index is 13.1. The lowest BCUT2D eigenvalue weighted by atomic mass is 10.1. The zero-order chi connectivity index (χ0) is 19.0. The van der Waals surface area contributed by atoms with E-state index in [2.05, 4.69) is 27.5 Å². The molecule has 0 aliphatic carbocycles. The quantitative estimate of drug-likeness (QED) is 0.569. The number of pyridine rings is 1. The SMILES string of the molecule is CCC(C)n1nccc1NC(=O)c1cc(-c2ccco2)nc2onc(C)c12. The van der Waals surface area contributed by atoms with Crippen molar-refractivity contribution in [3.05, 3.63) is 48.0 Å². The second kappa shape index (κ2) is 6.71. The lowest BCUT2D eigenvalue weighted by Gasteiger charge is -2.14. The first-order valence-corrected chi connectivity index (χ1v) is 8.74. The summed E-state index contributed by atoms with van der Waals surface area (Å²) >= 11 is 0. The van der Waals surface area contributed by atoms with E-state index in [0.29, 0.717) is 39.6 Å². The van der Waals surface area contributed by atoms with Gasteiger partial charge in [-0.2, -0.15) is 5.10 Å². The zero-order valence-corrected chi connectivity index (χ0v) is 15.3. The van der Waals surface area contributed by atoms with Crippen LogP contribution in [-0.4, -0.2) is 25.8 Å². The van der Waals surface area contributed by atoms with Crippen LogP contribution in [0, 0.1) is 6.92 Å². The molecule has 0 spiro atoms. The lowest BCUT2D eigenvalue weighted by molar-refractivity contribution is 0.102. The summed E-state index contributed by atoms with van der Waals surface area (Å²) in [6, 6.07) is 7.17. The fourth-order valence-electron chi connectivity index (χ4n) is 2.95. The number of carbonyl (C=O) groups is 1. The molecule has 0 saturated carbocycles. The average molecular weight is 365 g/mol. The van der Waals surface area contributed by atoms with Gasteiger partial charge in [-0.05, 0) is 38.5 Å². The van der Waals surface area contributed by atoms with Gasteiger partial charge >= 0.3 is 0 Å². The van der Waals surface area contributed by atoms with Crippen LogP contribution >= 0.6 is 0 Å². The summed E-state index contributed by atoms with van der Waals surface area (Å²) in [4.78, 5) is 17.5. The first kappa shape index (κ1) is 17.0. The number of fused-ring (bicyclic) bond motifs is 1. The van der Waals surface area contributed by atoms with E-state index < -0.39 is 0 Å². The summed E-state index contributed by atoms with van der Waals surface area (Å²) in [5.41, 5.74) is 1.82. The fourth-order valence-corrected chi connectivity index (χ4v) is 2.95. The van der Waals surface area contributed by atoms with Crippen molar-refractivity contribution >= 4 is 22.8 Å². The largest absolute Gasteiger partial charge is 0.463 e. The Hall–Kier alpha value is -3.42. The first-order chi connectivity index (χ1) is 13.1. The molecule has 4 aromatic rings. The summed E-state index contributed by atoms with van der Waals surface area (Å²) in [7, 11) is 0. The van der Waals surface area contributed by atoms with Gasteiger partial charge in [-0.15, -0.1) is 0 Å². The van der Waals surface area contributed by atoms with Crippen molar-refractivity contribution in [1.82, 2.24) is 19.9 Å². The smallest absolute Gasteiger partial charge is 0.259 e. The van der Waals surface area contributed by atoms with Crippen molar-refractivity contribution in [2.75, 3.05) is 5.32 Å². The minimum Gasteiger partial charge on any atom is -0.463 e. The van der Waals surface area contributed by atoms with Crippen LogP contribution in [0.5, 0.6) is 0 Å². The highest BCUT2D eigenvalue weighted by Gasteiger charge is 2.21. The van der Waals surface area contributed by atoms with E-state index >= 15 is 0 Å². The Labute approximate surface area is 155 Å². The highest BCUT2D eigenvalue weighted by Crippen LogP contribution is 2.28. The zero-order valence-electron chi connectivity index (χ0n) is 15.3. The number of furan rings is 1. The summed E-state index contributed by atoms with van der Waals surface area (Å²) in [6.07, 6.45) is 4.12. The molecule has 1 N–H and O–H groups in total. The number of rotatable bonds is 5. The molecule has 1 unspecified atom stereocenters. The number of nitrogens with one attached hydrogen (secondary N) is 1. The summed E-state index contributed by atoms with van der Waals surface area (Å²) in [5, 5.41) is 11.8. The van der Waals surface area contributed by atoms with E-state index in [9.17, 15) is 4.79 Å². The monoisotopic (exact) mass is 365 g/mol. The van der Waals surface area contributed by atoms with Gasteiger partial charge in [0.1, 0.15) is 11.5 Å².